The van der Waals surface area contributed by atoms with E-state index in [9.17, 15) is 4.79 Å². The fraction of sp³-hybridized carbons (Fsp3) is 0.429. The number of nitrogens with zero attached hydrogens (tertiary/aromatic N) is 1. The van der Waals surface area contributed by atoms with Crippen LogP contribution >= 0.6 is 0 Å². The smallest absolute Gasteiger partial charge is 0.366 e. The molecule has 1 aromatic heterocycles. The van der Waals surface area contributed by atoms with Crippen molar-refractivity contribution in [2.75, 3.05) is 13.2 Å². The summed E-state index contributed by atoms with van der Waals surface area (Å²) in [5, 5.41) is 10.8. The fourth-order valence-corrected chi connectivity index (χ4v) is 0.749. The number of aliphatic imine (C=N–C) groups is 1. The molecule has 0 saturated carbocycles. The summed E-state index contributed by atoms with van der Waals surface area (Å²) in [5.74, 6) is 0. The van der Waals surface area contributed by atoms with Crippen LogP contribution < -0.4 is 5.63 Å². The zero-order chi connectivity index (χ0) is 8.97. The normalized spacial score (nSPS) is 11.2. The number of aliphatic hydroxyl groups excluding tert-OH is 1. The number of rotatable bonds is 3. The minimum Gasteiger partial charge on any atom is -0.394 e. The van der Waals surface area contributed by atoms with Gasteiger partial charge in [-0.1, -0.05) is 0 Å². The molecule has 1 rings (SSSR count). The number of aliphatic hydroxyl groups is 1. The van der Waals surface area contributed by atoms with Gasteiger partial charge in [0, 0.05) is 6.21 Å². The van der Waals surface area contributed by atoms with E-state index >= 15 is 0 Å². The molecule has 0 aromatic carbocycles. The van der Waals surface area contributed by atoms with E-state index in [0.29, 0.717) is 17.8 Å². The van der Waals surface area contributed by atoms with Crippen molar-refractivity contribution in [1.29, 1.82) is 0 Å². The average molecular weight is 170 g/mol. The zero-order valence-corrected chi connectivity index (χ0v) is 6.70. The van der Waals surface area contributed by atoms with Crippen LogP contribution in [0.2, 0.25) is 0 Å². The molecule has 0 unspecified atom stereocenters. The summed E-state index contributed by atoms with van der Waals surface area (Å²) in [6.45, 7) is 1.99. The molecule has 0 aliphatic carbocycles. The Labute approximate surface area is 68.7 Å². The third kappa shape index (κ3) is 1.82. The van der Waals surface area contributed by atoms with Crippen LogP contribution in [0.3, 0.4) is 0 Å². The summed E-state index contributed by atoms with van der Waals surface area (Å²) in [4.78, 5) is 14.7. The molecule has 0 amide bonds. The number of hydrogen-bond donors (Lipinski definition) is 2. The molecule has 0 spiro atoms. The summed E-state index contributed by atoms with van der Waals surface area (Å²) in [6, 6.07) is 0. The van der Waals surface area contributed by atoms with Gasteiger partial charge in [0.1, 0.15) is 5.56 Å². The Bertz CT molecular complexity index is 324. The molecule has 0 radical (unpaired) electrons. The van der Waals surface area contributed by atoms with Crippen molar-refractivity contribution in [3.8, 4) is 0 Å². The summed E-state index contributed by atoms with van der Waals surface area (Å²) in [7, 11) is 0. The van der Waals surface area contributed by atoms with Crippen LogP contribution in [-0.2, 0) is 0 Å². The van der Waals surface area contributed by atoms with Gasteiger partial charge in [-0.05, 0) is 6.92 Å². The lowest BCUT2D eigenvalue weighted by Crippen LogP contribution is -2.02. The van der Waals surface area contributed by atoms with Gasteiger partial charge in [0.15, 0.2) is 0 Å². The summed E-state index contributed by atoms with van der Waals surface area (Å²) >= 11 is 0. The van der Waals surface area contributed by atoms with E-state index in [4.69, 9.17) is 5.11 Å². The first-order valence-corrected chi connectivity index (χ1v) is 3.54. The lowest BCUT2D eigenvalue weighted by atomic mass is 10.3. The molecule has 0 fully saturated rings. The van der Waals surface area contributed by atoms with E-state index in [-0.39, 0.29) is 6.61 Å². The maximum absolute atomic E-state index is 10.9. The maximum Gasteiger partial charge on any atom is 0.366 e. The number of hydrogen-bond acceptors (Lipinski definition) is 4. The number of aromatic nitrogens is 1. The number of aryl methyl sites for hydroxylation is 1. The standard InChI is InChI=1S/C7H10N2O3/c1-5-6(4-8-2-3-10)7(11)12-9-5/h4,9-10H,2-3H2,1H3. The Morgan fingerprint density at radius 2 is 2.50 bits per heavy atom. The van der Waals surface area contributed by atoms with Gasteiger partial charge >= 0.3 is 5.63 Å². The van der Waals surface area contributed by atoms with E-state index in [1.165, 1.54) is 6.21 Å². The third-order valence-corrected chi connectivity index (χ3v) is 1.37. The highest BCUT2D eigenvalue weighted by Crippen LogP contribution is 1.93. The van der Waals surface area contributed by atoms with Crippen LogP contribution in [0.25, 0.3) is 0 Å². The minimum atomic E-state index is -0.436. The second kappa shape index (κ2) is 3.87. The van der Waals surface area contributed by atoms with Gasteiger partial charge in [-0.2, -0.15) is 0 Å². The highest BCUT2D eigenvalue weighted by Gasteiger charge is 2.03. The molecule has 0 aliphatic heterocycles. The van der Waals surface area contributed by atoms with E-state index in [1.807, 2.05) is 0 Å². The zero-order valence-electron chi connectivity index (χ0n) is 6.70. The molecule has 0 bridgehead atoms. The van der Waals surface area contributed by atoms with Crippen molar-refractivity contribution in [2.45, 2.75) is 6.92 Å². The lowest BCUT2D eigenvalue weighted by Gasteiger charge is -1.85. The highest BCUT2D eigenvalue weighted by atomic mass is 16.5. The fourth-order valence-electron chi connectivity index (χ4n) is 0.749. The number of H-pyrrole nitrogens is 1. The molecule has 0 saturated heterocycles. The first-order chi connectivity index (χ1) is 5.75. The van der Waals surface area contributed by atoms with Crippen LogP contribution in [0.5, 0.6) is 0 Å². The average Bonchev–Trinajstić information content (AvgIpc) is 2.35. The molecule has 1 heterocycles. The SMILES string of the molecule is Cc1[nH]oc(=O)c1C=NCCO. The van der Waals surface area contributed by atoms with E-state index < -0.39 is 5.63 Å². The predicted molar refractivity (Wildman–Crippen MR) is 43.6 cm³/mol. The molecular weight excluding hydrogens is 160 g/mol. The molecule has 0 aliphatic rings. The minimum absolute atomic E-state index is 0.0225. The van der Waals surface area contributed by atoms with Gasteiger partial charge in [0.25, 0.3) is 0 Å². The van der Waals surface area contributed by atoms with Crippen molar-refractivity contribution in [3.05, 3.63) is 21.7 Å². The summed E-state index contributed by atoms with van der Waals surface area (Å²) in [5.41, 5.74) is 0.610. The van der Waals surface area contributed by atoms with Crippen LogP contribution in [0.4, 0.5) is 0 Å². The van der Waals surface area contributed by atoms with Crippen molar-refractivity contribution >= 4 is 6.21 Å². The Morgan fingerprint density at radius 3 is 3.00 bits per heavy atom. The van der Waals surface area contributed by atoms with Gasteiger partial charge < -0.3 is 9.63 Å². The Balaban J connectivity index is 2.81. The lowest BCUT2D eigenvalue weighted by molar-refractivity contribution is 0.307. The molecule has 2 N–H and O–H groups in total. The van der Waals surface area contributed by atoms with Gasteiger partial charge in [-0.3, -0.25) is 4.99 Å². The Hall–Kier alpha value is -1.36. The van der Waals surface area contributed by atoms with Crippen molar-refractivity contribution < 1.29 is 9.63 Å². The van der Waals surface area contributed by atoms with E-state index in [1.54, 1.807) is 6.92 Å². The van der Waals surface area contributed by atoms with Gasteiger partial charge in [-0.25, -0.2) is 9.95 Å². The van der Waals surface area contributed by atoms with Gasteiger partial charge in [0.05, 0.1) is 18.8 Å². The second-order valence-corrected chi connectivity index (χ2v) is 2.29. The summed E-state index contributed by atoms with van der Waals surface area (Å²) < 4.78 is 4.49. The van der Waals surface area contributed by atoms with Crippen molar-refractivity contribution in [2.24, 2.45) is 4.99 Å². The molecule has 5 heteroatoms. The maximum atomic E-state index is 10.9. The quantitative estimate of drug-likeness (QED) is 0.610. The summed E-state index contributed by atoms with van der Waals surface area (Å²) in [6.07, 6.45) is 1.40. The third-order valence-electron chi connectivity index (χ3n) is 1.37. The Kier molecular flexibility index (Phi) is 2.82. The Morgan fingerprint density at radius 1 is 1.75 bits per heavy atom. The van der Waals surface area contributed by atoms with Crippen molar-refractivity contribution in [1.82, 2.24) is 5.16 Å². The van der Waals surface area contributed by atoms with Crippen molar-refractivity contribution in [3.63, 3.8) is 0 Å². The van der Waals surface area contributed by atoms with Gasteiger partial charge in [-0.15, -0.1) is 0 Å². The van der Waals surface area contributed by atoms with Crippen LogP contribution in [0.1, 0.15) is 11.3 Å². The first-order valence-electron chi connectivity index (χ1n) is 3.54. The monoisotopic (exact) mass is 170 g/mol. The molecule has 66 valence electrons. The highest BCUT2D eigenvalue weighted by molar-refractivity contribution is 5.80. The molecule has 12 heavy (non-hydrogen) atoms. The predicted octanol–water partition coefficient (Wildman–Crippen LogP) is -0.312. The molecule has 5 nitrogen and oxygen atoms in total. The largest absolute Gasteiger partial charge is 0.394 e. The molecule has 0 atom stereocenters. The van der Waals surface area contributed by atoms with Crippen LogP contribution in [0, 0.1) is 6.92 Å². The number of nitrogens with one attached hydrogen (secondary N) is 1. The van der Waals surface area contributed by atoms with Crippen LogP contribution in [-0.4, -0.2) is 29.6 Å². The topological polar surface area (TPSA) is 78.6 Å². The van der Waals surface area contributed by atoms with Crippen LogP contribution in [0.15, 0.2) is 14.3 Å². The molecular formula is C7H10N2O3. The van der Waals surface area contributed by atoms with E-state index in [0.717, 1.165) is 0 Å². The first kappa shape index (κ1) is 8.73. The van der Waals surface area contributed by atoms with Gasteiger partial charge in [0.2, 0.25) is 0 Å². The van der Waals surface area contributed by atoms with E-state index in [2.05, 4.69) is 14.7 Å². The number of aromatic amines is 1. The molecule has 1 aromatic rings. The second-order valence-electron chi connectivity index (χ2n) is 2.29.